The zero-order valence-corrected chi connectivity index (χ0v) is 29.6. The van der Waals surface area contributed by atoms with Crippen LogP contribution in [0.15, 0.2) is 0 Å². The molecule has 14 heteroatoms. The highest BCUT2D eigenvalue weighted by Crippen LogP contribution is 2.34. The number of amides is 5. The lowest BCUT2D eigenvalue weighted by atomic mass is 9.83. The van der Waals surface area contributed by atoms with E-state index in [1.807, 2.05) is 34.6 Å². The van der Waals surface area contributed by atoms with Crippen molar-refractivity contribution in [3.63, 3.8) is 0 Å². The van der Waals surface area contributed by atoms with Crippen molar-refractivity contribution in [3.05, 3.63) is 0 Å². The number of urea groups is 1. The number of sulfonamides is 1. The van der Waals surface area contributed by atoms with Crippen LogP contribution < -0.4 is 26.0 Å². The molecule has 1 unspecified atom stereocenters. The molecule has 4 atom stereocenters. The van der Waals surface area contributed by atoms with Crippen LogP contribution in [0.4, 0.5) is 4.79 Å². The second-order valence-electron chi connectivity index (χ2n) is 15.4. The molecule has 0 aromatic heterocycles. The number of nitrogens with zero attached hydrogens (tertiary/aromatic N) is 1. The normalized spacial score (nSPS) is 23.3. The van der Waals surface area contributed by atoms with Gasteiger partial charge in [-0.2, -0.15) is 0 Å². The minimum absolute atomic E-state index is 0.0106. The maximum absolute atomic E-state index is 14.1. The summed E-state index contributed by atoms with van der Waals surface area (Å²) in [7, 11) is -3.68. The Morgan fingerprint density at radius 1 is 0.915 bits per heavy atom. The molecule has 266 valence electrons. The average Bonchev–Trinajstić information content (AvgIpc) is 3.92. The summed E-state index contributed by atoms with van der Waals surface area (Å²) < 4.78 is 29.2. The molecule has 0 aromatic carbocycles. The van der Waals surface area contributed by atoms with E-state index in [0.717, 1.165) is 44.9 Å². The van der Waals surface area contributed by atoms with Crippen LogP contribution in [0.5, 0.6) is 0 Å². The summed E-state index contributed by atoms with van der Waals surface area (Å²) in [5.41, 5.74) is -1.71. The number of nitrogens with one attached hydrogen (secondary N) is 5. The van der Waals surface area contributed by atoms with Gasteiger partial charge in [0.2, 0.25) is 27.6 Å². The smallest absolute Gasteiger partial charge is 0.315 e. The summed E-state index contributed by atoms with van der Waals surface area (Å²) in [4.78, 5) is 68.0. The minimum Gasteiger partial charge on any atom is -0.347 e. The minimum atomic E-state index is -3.68. The summed E-state index contributed by atoms with van der Waals surface area (Å²) in [5, 5.41) is 11.2. The van der Waals surface area contributed by atoms with Crippen molar-refractivity contribution in [1.82, 2.24) is 30.9 Å². The van der Waals surface area contributed by atoms with E-state index >= 15 is 0 Å². The molecule has 5 N–H and O–H groups in total. The third kappa shape index (κ3) is 10.4. The molecule has 1 saturated heterocycles. The average molecular weight is 681 g/mol. The molecule has 5 amide bonds. The van der Waals surface area contributed by atoms with Gasteiger partial charge in [-0.05, 0) is 76.0 Å². The maximum atomic E-state index is 14.1. The molecular formula is C33H56N6O7S. The molecule has 0 aromatic rings. The standard InChI is InChI=1S/C33H56N6O7S/c1-6-11-24(26(40)29(42)34-23-15-16-23)35-28(41)25-12-10-19-39(25)30(43)27(32(3,4)5)36-31(44)37-33(17-8-7-9-18-33)20-47(45,46)38-21(2)22-13-14-22/h21-25,27,38H,6-20H2,1-5H3,(H,34,42)(H,35,41)(H2,36,37,44)/t21-,24?,25-,27+/m0/s1. The SMILES string of the molecule is CCCC(NC(=O)[C@@H]1CCCN1C(=O)[C@@H](NC(=O)NC1(CS(=O)(=O)N[C@@H](C)C2CC2)CCCCC1)C(C)(C)C)C(=O)C(=O)NC1CC1. The van der Waals surface area contributed by atoms with E-state index in [2.05, 4.69) is 26.0 Å². The van der Waals surface area contributed by atoms with Crippen molar-refractivity contribution in [1.29, 1.82) is 0 Å². The first-order valence-corrected chi connectivity index (χ1v) is 19.2. The lowest BCUT2D eigenvalue weighted by Gasteiger charge is -2.40. The first-order chi connectivity index (χ1) is 22.0. The fourth-order valence-electron chi connectivity index (χ4n) is 6.91. The highest BCUT2D eigenvalue weighted by molar-refractivity contribution is 7.89. The van der Waals surface area contributed by atoms with Gasteiger partial charge in [0.25, 0.3) is 5.91 Å². The van der Waals surface area contributed by atoms with Crippen LogP contribution in [-0.4, -0.2) is 90.9 Å². The van der Waals surface area contributed by atoms with Crippen LogP contribution in [0.1, 0.15) is 118 Å². The topological polar surface area (TPSA) is 183 Å². The Kier molecular flexibility index (Phi) is 12.0. The van der Waals surface area contributed by atoms with Gasteiger partial charge >= 0.3 is 6.03 Å². The lowest BCUT2D eigenvalue weighted by Crippen LogP contribution is -2.63. The number of likely N-dealkylation sites (tertiary alicyclic amines) is 1. The summed E-state index contributed by atoms with van der Waals surface area (Å²) in [6.45, 7) is 9.49. The molecule has 1 heterocycles. The van der Waals surface area contributed by atoms with E-state index in [9.17, 15) is 32.4 Å². The highest BCUT2D eigenvalue weighted by atomic mass is 32.2. The number of rotatable bonds is 15. The van der Waals surface area contributed by atoms with Crippen molar-refractivity contribution in [2.75, 3.05) is 12.3 Å². The van der Waals surface area contributed by atoms with Crippen molar-refractivity contribution < 1.29 is 32.4 Å². The third-order valence-electron chi connectivity index (χ3n) is 9.92. The van der Waals surface area contributed by atoms with Gasteiger partial charge in [0.05, 0.1) is 17.3 Å². The van der Waals surface area contributed by atoms with E-state index < -0.39 is 68.6 Å². The van der Waals surface area contributed by atoms with Crippen LogP contribution in [0.2, 0.25) is 0 Å². The van der Waals surface area contributed by atoms with Crippen LogP contribution in [0.25, 0.3) is 0 Å². The molecular weight excluding hydrogens is 624 g/mol. The van der Waals surface area contributed by atoms with Crippen molar-refractivity contribution in [2.24, 2.45) is 11.3 Å². The molecule has 4 aliphatic rings. The van der Waals surface area contributed by atoms with Crippen LogP contribution in [0.3, 0.4) is 0 Å². The molecule has 4 fully saturated rings. The Bertz CT molecular complexity index is 1280. The Hall–Kier alpha value is -2.74. The summed E-state index contributed by atoms with van der Waals surface area (Å²) in [5.74, 6) is -2.21. The van der Waals surface area contributed by atoms with Gasteiger partial charge in [-0.15, -0.1) is 0 Å². The van der Waals surface area contributed by atoms with Gasteiger partial charge in [-0.25, -0.2) is 17.9 Å². The largest absolute Gasteiger partial charge is 0.347 e. The molecule has 47 heavy (non-hydrogen) atoms. The van der Waals surface area contributed by atoms with E-state index in [1.165, 1.54) is 4.90 Å². The summed E-state index contributed by atoms with van der Waals surface area (Å²) >= 11 is 0. The summed E-state index contributed by atoms with van der Waals surface area (Å²) in [6.07, 6.45) is 9.04. The van der Waals surface area contributed by atoms with Gasteiger partial charge in [0.1, 0.15) is 12.1 Å². The number of hydrogen-bond acceptors (Lipinski definition) is 7. The molecule has 1 aliphatic heterocycles. The fourth-order valence-corrected chi connectivity index (χ4v) is 8.84. The van der Waals surface area contributed by atoms with Gasteiger partial charge in [0, 0.05) is 18.6 Å². The molecule has 13 nitrogen and oxygen atoms in total. The van der Waals surface area contributed by atoms with Crippen molar-refractivity contribution in [3.8, 4) is 0 Å². The molecule has 4 rings (SSSR count). The Morgan fingerprint density at radius 2 is 1.57 bits per heavy atom. The molecule has 0 bridgehead atoms. The second kappa shape index (κ2) is 15.2. The Morgan fingerprint density at radius 3 is 2.15 bits per heavy atom. The van der Waals surface area contributed by atoms with Crippen LogP contribution in [-0.2, 0) is 29.2 Å². The molecule has 0 radical (unpaired) electrons. The van der Waals surface area contributed by atoms with Crippen molar-refractivity contribution >= 4 is 39.6 Å². The molecule has 0 spiro atoms. The van der Waals surface area contributed by atoms with Gasteiger partial charge in [-0.1, -0.05) is 53.4 Å². The van der Waals surface area contributed by atoms with Gasteiger partial charge < -0.3 is 26.2 Å². The second-order valence-corrected chi connectivity index (χ2v) is 17.1. The lowest BCUT2D eigenvalue weighted by molar-refractivity contribution is -0.143. The molecule has 3 saturated carbocycles. The first kappa shape index (κ1) is 37.1. The zero-order valence-electron chi connectivity index (χ0n) is 28.8. The predicted molar refractivity (Wildman–Crippen MR) is 178 cm³/mol. The van der Waals surface area contributed by atoms with Gasteiger partial charge in [0.15, 0.2) is 0 Å². The van der Waals surface area contributed by atoms with E-state index in [-0.39, 0.29) is 17.8 Å². The monoisotopic (exact) mass is 680 g/mol. The number of carbonyl (C=O) groups excluding carboxylic acids is 5. The van der Waals surface area contributed by atoms with Crippen LogP contribution >= 0.6 is 0 Å². The first-order valence-electron chi connectivity index (χ1n) is 17.6. The molecule has 3 aliphatic carbocycles. The summed E-state index contributed by atoms with van der Waals surface area (Å²) in [6, 6.07) is -3.63. The Labute approximate surface area is 279 Å². The van der Waals surface area contributed by atoms with Crippen LogP contribution in [0, 0.1) is 11.3 Å². The van der Waals surface area contributed by atoms with E-state index in [4.69, 9.17) is 0 Å². The Balaban J connectivity index is 1.43. The third-order valence-corrected chi connectivity index (χ3v) is 11.6. The quantitative estimate of drug-likeness (QED) is 0.164. The van der Waals surface area contributed by atoms with E-state index in [1.54, 1.807) is 0 Å². The van der Waals surface area contributed by atoms with E-state index in [0.29, 0.717) is 51.0 Å². The number of carbonyl (C=O) groups is 5. The zero-order chi connectivity index (χ0) is 34.6. The predicted octanol–water partition coefficient (Wildman–Crippen LogP) is 2.24. The van der Waals surface area contributed by atoms with Gasteiger partial charge in [-0.3, -0.25) is 19.2 Å². The number of Topliss-reactive ketones (excluding diaryl/α,β-unsaturated/α-hetero) is 1. The number of ketones is 1. The highest BCUT2D eigenvalue weighted by Gasteiger charge is 2.45. The fraction of sp³-hybridized carbons (Fsp3) is 0.848. The maximum Gasteiger partial charge on any atom is 0.315 e. The number of hydrogen-bond donors (Lipinski definition) is 5. The van der Waals surface area contributed by atoms with Crippen molar-refractivity contribution in [2.45, 2.75) is 154 Å².